The van der Waals surface area contributed by atoms with Crippen LogP contribution < -0.4 is 17.2 Å². The Morgan fingerprint density at radius 2 is 1.67 bits per heavy atom. The van der Waals surface area contributed by atoms with Gasteiger partial charge in [-0.25, -0.2) is 8.42 Å². The summed E-state index contributed by atoms with van der Waals surface area (Å²) in [5.41, 5.74) is 16.6. The van der Waals surface area contributed by atoms with Crippen molar-refractivity contribution in [2.24, 2.45) is 17.2 Å². The minimum atomic E-state index is -4.08. The second-order valence-electron chi connectivity index (χ2n) is 4.51. The second-order valence-corrected chi connectivity index (χ2v) is 6.42. The van der Waals surface area contributed by atoms with E-state index in [2.05, 4.69) is 0 Å². The molecule has 1 rings (SSSR count). The number of sulfonamides is 1. The highest BCUT2D eigenvalue weighted by Crippen LogP contribution is 2.21. The number of carbonyl (C=O) groups is 2. The molecule has 6 N–H and O–H groups in total. The molecule has 9 heteroatoms. The lowest BCUT2D eigenvalue weighted by Crippen LogP contribution is -2.43. The molecule has 1 aromatic rings. The average molecular weight is 314 g/mol. The third-order valence-electron chi connectivity index (χ3n) is 2.77. The minimum absolute atomic E-state index is 0.0343. The van der Waals surface area contributed by atoms with Crippen molar-refractivity contribution >= 4 is 21.8 Å². The monoisotopic (exact) mass is 314 g/mol. The van der Waals surface area contributed by atoms with Crippen molar-refractivity contribution in [3.8, 4) is 0 Å². The fourth-order valence-corrected chi connectivity index (χ4v) is 3.41. The second kappa shape index (κ2) is 6.66. The smallest absolute Gasteiger partial charge is 0.244 e. The van der Waals surface area contributed by atoms with Crippen molar-refractivity contribution < 1.29 is 18.0 Å². The number of benzene rings is 1. The first-order valence-corrected chi connectivity index (χ1v) is 7.49. The summed E-state index contributed by atoms with van der Waals surface area (Å²) in [5.74, 6) is -1.76. The normalized spacial score (nSPS) is 11.6. The lowest BCUT2D eigenvalue weighted by molar-refractivity contribution is -0.120. The van der Waals surface area contributed by atoms with Crippen molar-refractivity contribution in [1.29, 1.82) is 0 Å². The number of primary amides is 2. The quantitative estimate of drug-likeness (QED) is 0.555. The Hall–Kier alpha value is -1.97. The van der Waals surface area contributed by atoms with Crippen LogP contribution in [0.3, 0.4) is 0 Å². The first-order chi connectivity index (χ1) is 9.68. The molecule has 0 aliphatic heterocycles. The highest BCUT2D eigenvalue weighted by Gasteiger charge is 2.28. The Labute approximate surface area is 122 Å². The van der Waals surface area contributed by atoms with Crippen LogP contribution in [0.2, 0.25) is 0 Å². The third kappa shape index (κ3) is 4.25. The number of carbonyl (C=O) groups excluding carboxylic acids is 2. The molecule has 8 nitrogen and oxygen atoms in total. The molecule has 1 aromatic carbocycles. The Morgan fingerprint density at radius 1 is 1.14 bits per heavy atom. The summed E-state index contributed by atoms with van der Waals surface area (Å²) in [6, 6.07) is 4.70. The molecule has 0 aliphatic rings. The maximum atomic E-state index is 12.6. The molecule has 0 atom stereocenters. The minimum Gasteiger partial charge on any atom is -0.369 e. The van der Waals surface area contributed by atoms with Crippen LogP contribution in [0.4, 0.5) is 0 Å². The first kappa shape index (κ1) is 17.1. The number of aryl methyl sites for hydroxylation is 1. The topological polar surface area (TPSA) is 150 Å². The van der Waals surface area contributed by atoms with E-state index in [9.17, 15) is 18.0 Å². The summed E-state index contributed by atoms with van der Waals surface area (Å²) in [6.45, 7) is 0.503. The number of nitrogens with zero attached hydrogens (tertiary/aromatic N) is 1. The predicted octanol–water partition coefficient (Wildman–Crippen LogP) is -1.58. The van der Waals surface area contributed by atoms with Crippen LogP contribution in [0.25, 0.3) is 0 Å². The van der Waals surface area contributed by atoms with Crippen molar-refractivity contribution in [1.82, 2.24) is 4.31 Å². The lowest BCUT2D eigenvalue weighted by Gasteiger charge is -2.20. The summed E-state index contributed by atoms with van der Waals surface area (Å²) < 4.78 is 25.8. The van der Waals surface area contributed by atoms with Crippen molar-refractivity contribution in [3.05, 3.63) is 29.3 Å². The molecule has 116 valence electrons. The molecule has 0 aliphatic carbocycles. The van der Waals surface area contributed by atoms with Crippen LogP contribution in [0.5, 0.6) is 0 Å². The van der Waals surface area contributed by atoms with Crippen LogP contribution in [-0.4, -0.2) is 37.6 Å². The van der Waals surface area contributed by atoms with Gasteiger partial charge in [0.15, 0.2) is 0 Å². The van der Waals surface area contributed by atoms with E-state index in [1.165, 1.54) is 6.07 Å². The van der Waals surface area contributed by atoms with Gasteiger partial charge in [0.25, 0.3) is 0 Å². The molecule has 2 amide bonds. The predicted molar refractivity (Wildman–Crippen MR) is 76.2 cm³/mol. The van der Waals surface area contributed by atoms with E-state index in [0.29, 0.717) is 15.4 Å². The average Bonchev–Trinajstić information content (AvgIpc) is 2.37. The maximum absolute atomic E-state index is 12.6. The molecule has 0 saturated heterocycles. The number of nitrogens with two attached hydrogens (primary N) is 3. The molecular weight excluding hydrogens is 296 g/mol. The zero-order valence-corrected chi connectivity index (χ0v) is 12.4. The van der Waals surface area contributed by atoms with Gasteiger partial charge in [-0.05, 0) is 24.1 Å². The van der Waals surface area contributed by atoms with E-state index < -0.39 is 34.9 Å². The van der Waals surface area contributed by atoms with Crippen LogP contribution >= 0.6 is 0 Å². The van der Waals surface area contributed by atoms with Gasteiger partial charge in [0, 0.05) is 6.54 Å². The van der Waals surface area contributed by atoms with Crippen LogP contribution in [-0.2, 0) is 26.2 Å². The van der Waals surface area contributed by atoms with Crippen molar-refractivity contribution in [3.63, 3.8) is 0 Å². The van der Waals surface area contributed by atoms with Crippen LogP contribution in [0, 0.1) is 6.92 Å². The van der Waals surface area contributed by atoms with Gasteiger partial charge >= 0.3 is 0 Å². The van der Waals surface area contributed by atoms with E-state index in [1.807, 2.05) is 0 Å². The standard InChI is InChI=1S/C12H18N4O4S/c1-8-2-3-9(5-13)4-10(8)21(19,20)16(6-11(14)17)7-12(15)18/h2-4H,5-7,13H2,1H3,(H2,14,17)(H2,15,18). The maximum Gasteiger partial charge on any atom is 0.244 e. The van der Waals surface area contributed by atoms with E-state index in [1.54, 1.807) is 19.1 Å². The van der Waals surface area contributed by atoms with Gasteiger partial charge in [-0.1, -0.05) is 12.1 Å². The summed E-state index contributed by atoms with van der Waals surface area (Å²) in [7, 11) is -4.08. The van der Waals surface area contributed by atoms with Crippen LogP contribution in [0.1, 0.15) is 11.1 Å². The summed E-state index contributed by atoms with van der Waals surface area (Å²) in [5, 5.41) is 0. The molecule has 21 heavy (non-hydrogen) atoms. The molecule has 0 spiro atoms. The van der Waals surface area contributed by atoms with Gasteiger partial charge in [0.05, 0.1) is 18.0 Å². The number of rotatable bonds is 7. The largest absolute Gasteiger partial charge is 0.369 e. The molecular formula is C12H18N4O4S. The van der Waals surface area contributed by atoms with Crippen molar-refractivity contribution in [2.45, 2.75) is 18.4 Å². The molecule has 0 bridgehead atoms. The molecule has 0 saturated carbocycles. The third-order valence-corrected chi connectivity index (χ3v) is 4.70. The highest BCUT2D eigenvalue weighted by molar-refractivity contribution is 7.89. The van der Waals surface area contributed by atoms with E-state index in [-0.39, 0.29) is 11.4 Å². The number of hydrogen-bond donors (Lipinski definition) is 3. The van der Waals surface area contributed by atoms with Crippen LogP contribution in [0.15, 0.2) is 23.1 Å². The molecule has 0 fully saturated rings. The lowest BCUT2D eigenvalue weighted by atomic mass is 10.1. The Kier molecular flexibility index (Phi) is 5.41. The van der Waals surface area contributed by atoms with Gasteiger partial charge in [-0.15, -0.1) is 0 Å². The fourth-order valence-electron chi connectivity index (χ4n) is 1.76. The van der Waals surface area contributed by atoms with Gasteiger partial charge in [0.2, 0.25) is 21.8 Å². The fraction of sp³-hybridized carbons (Fsp3) is 0.333. The summed E-state index contributed by atoms with van der Waals surface area (Å²) >= 11 is 0. The summed E-state index contributed by atoms with van der Waals surface area (Å²) in [6.07, 6.45) is 0. The van der Waals surface area contributed by atoms with E-state index in [4.69, 9.17) is 17.2 Å². The van der Waals surface area contributed by atoms with Gasteiger partial charge in [-0.2, -0.15) is 4.31 Å². The molecule has 0 heterocycles. The van der Waals surface area contributed by atoms with Crippen molar-refractivity contribution in [2.75, 3.05) is 13.1 Å². The summed E-state index contributed by atoms with van der Waals surface area (Å²) in [4.78, 5) is 22.0. The highest BCUT2D eigenvalue weighted by atomic mass is 32.2. The molecule has 0 radical (unpaired) electrons. The zero-order valence-electron chi connectivity index (χ0n) is 11.6. The Balaban J connectivity index is 3.33. The number of hydrogen-bond acceptors (Lipinski definition) is 5. The van der Waals surface area contributed by atoms with Gasteiger partial charge < -0.3 is 17.2 Å². The SMILES string of the molecule is Cc1ccc(CN)cc1S(=O)(=O)N(CC(N)=O)CC(N)=O. The molecule has 0 aromatic heterocycles. The van der Waals surface area contributed by atoms with E-state index in [0.717, 1.165) is 0 Å². The first-order valence-electron chi connectivity index (χ1n) is 6.05. The molecule has 0 unspecified atom stereocenters. The Morgan fingerprint density at radius 3 is 2.10 bits per heavy atom. The number of amides is 2. The Bertz CT molecular complexity index is 641. The van der Waals surface area contributed by atoms with Gasteiger partial charge in [-0.3, -0.25) is 9.59 Å². The van der Waals surface area contributed by atoms with Gasteiger partial charge in [0.1, 0.15) is 0 Å². The zero-order chi connectivity index (χ0) is 16.2. The van der Waals surface area contributed by atoms with E-state index >= 15 is 0 Å².